The summed E-state index contributed by atoms with van der Waals surface area (Å²) in [5.41, 5.74) is 1.24. The Bertz CT molecular complexity index is 927. The Morgan fingerprint density at radius 1 is 1.15 bits per heavy atom. The van der Waals surface area contributed by atoms with Crippen molar-refractivity contribution in [1.29, 1.82) is 0 Å². The lowest BCUT2D eigenvalue weighted by atomic mass is 10.2. The summed E-state index contributed by atoms with van der Waals surface area (Å²) in [6.07, 6.45) is 2.31. The van der Waals surface area contributed by atoms with Gasteiger partial charge in [-0.1, -0.05) is 13.8 Å². The predicted octanol–water partition coefficient (Wildman–Crippen LogP) is 4.56. The molecule has 0 bridgehead atoms. The maximum atomic E-state index is 5.84. The molecule has 0 N–H and O–H groups in total. The number of aromatic nitrogens is 4. The molecular formula is C18H23N5OS2. The highest BCUT2D eigenvalue weighted by Gasteiger charge is 2.30. The molecule has 26 heavy (non-hydrogen) atoms. The molecule has 1 fully saturated rings. The van der Waals surface area contributed by atoms with Gasteiger partial charge >= 0.3 is 0 Å². The van der Waals surface area contributed by atoms with Gasteiger partial charge in [0.05, 0.1) is 6.54 Å². The van der Waals surface area contributed by atoms with Crippen LogP contribution in [0, 0.1) is 13.8 Å². The van der Waals surface area contributed by atoms with Crippen LogP contribution in [-0.4, -0.2) is 38.2 Å². The highest BCUT2D eigenvalue weighted by molar-refractivity contribution is 7.99. The highest BCUT2D eigenvalue weighted by atomic mass is 32.2. The van der Waals surface area contributed by atoms with E-state index in [9.17, 15) is 0 Å². The van der Waals surface area contributed by atoms with Crippen LogP contribution in [0.4, 0.5) is 0 Å². The molecule has 1 aliphatic rings. The minimum Gasteiger partial charge on any atom is -0.415 e. The summed E-state index contributed by atoms with van der Waals surface area (Å²) in [5, 5.41) is 11.0. The van der Waals surface area contributed by atoms with Crippen LogP contribution in [0.25, 0.3) is 10.2 Å². The molecule has 0 aliphatic heterocycles. The van der Waals surface area contributed by atoms with Gasteiger partial charge in [0.2, 0.25) is 5.89 Å². The molecule has 0 aromatic carbocycles. The maximum absolute atomic E-state index is 5.84. The maximum Gasteiger partial charge on any atom is 0.282 e. The van der Waals surface area contributed by atoms with E-state index < -0.39 is 0 Å². The molecule has 3 aromatic rings. The van der Waals surface area contributed by atoms with E-state index >= 15 is 0 Å². The van der Waals surface area contributed by atoms with Crippen molar-refractivity contribution in [3.63, 3.8) is 0 Å². The second-order valence-electron chi connectivity index (χ2n) is 6.65. The summed E-state index contributed by atoms with van der Waals surface area (Å²) in [6.45, 7) is 11.3. The number of thiophene rings is 1. The normalized spacial score (nSPS) is 14.7. The molecule has 3 aromatic heterocycles. The first-order valence-electron chi connectivity index (χ1n) is 9.09. The minimum atomic E-state index is 0.464. The lowest BCUT2D eigenvalue weighted by Crippen LogP contribution is -2.23. The molecule has 4 rings (SSSR count). The Hall–Kier alpha value is -1.51. The van der Waals surface area contributed by atoms with E-state index in [-0.39, 0.29) is 0 Å². The summed E-state index contributed by atoms with van der Waals surface area (Å²) < 4.78 is 5.84. The van der Waals surface area contributed by atoms with E-state index in [1.807, 2.05) is 0 Å². The van der Waals surface area contributed by atoms with Crippen LogP contribution in [0.5, 0.6) is 0 Å². The van der Waals surface area contributed by atoms with Gasteiger partial charge < -0.3 is 4.42 Å². The summed E-state index contributed by atoms with van der Waals surface area (Å²) >= 11 is 3.19. The Balaban J connectivity index is 1.71. The summed E-state index contributed by atoms with van der Waals surface area (Å²) in [5.74, 6) is 2.08. The Morgan fingerprint density at radius 3 is 2.62 bits per heavy atom. The zero-order valence-corrected chi connectivity index (χ0v) is 17.2. The van der Waals surface area contributed by atoms with Crippen LogP contribution >= 0.6 is 23.1 Å². The number of hydrogen-bond acceptors (Lipinski definition) is 8. The molecule has 0 spiro atoms. The van der Waals surface area contributed by atoms with Gasteiger partial charge in [-0.15, -0.1) is 21.5 Å². The molecule has 0 unspecified atom stereocenters. The molecule has 0 saturated heterocycles. The van der Waals surface area contributed by atoms with Crippen LogP contribution in [-0.2, 0) is 6.54 Å². The summed E-state index contributed by atoms with van der Waals surface area (Å²) in [4.78, 5) is 14.3. The number of fused-ring (bicyclic) bond motifs is 1. The molecule has 138 valence electrons. The van der Waals surface area contributed by atoms with Gasteiger partial charge in [-0.3, -0.25) is 4.90 Å². The SMILES string of the molecule is CCN(CC)Cc1nc(Sc2nnc(C3CC3)o2)c2c(C)c(C)sc2n1. The quantitative estimate of drug-likeness (QED) is 0.549. The Morgan fingerprint density at radius 2 is 1.92 bits per heavy atom. The fourth-order valence-corrected chi connectivity index (χ4v) is 4.88. The molecule has 6 nitrogen and oxygen atoms in total. The highest BCUT2D eigenvalue weighted by Crippen LogP contribution is 2.42. The van der Waals surface area contributed by atoms with E-state index in [1.165, 1.54) is 22.2 Å². The van der Waals surface area contributed by atoms with Gasteiger partial charge in [0.1, 0.15) is 15.7 Å². The number of rotatable bonds is 7. The number of nitrogens with zero attached hydrogens (tertiary/aromatic N) is 5. The van der Waals surface area contributed by atoms with Crippen LogP contribution in [0.1, 0.15) is 54.8 Å². The molecule has 8 heteroatoms. The fourth-order valence-electron chi connectivity index (χ4n) is 2.89. The van der Waals surface area contributed by atoms with Gasteiger partial charge in [-0.25, -0.2) is 9.97 Å². The summed E-state index contributed by atoms with van der Waals surface area (Å²) in [7, 11) is 0. The molecule has 0 atom stereocenters. The Kier molecular flexibility index (Phi) is 4.98. The van der Waals surface area contributed by atoms with Crippen molar-refractivity contribution in [1.82, 2.24) is 25.1 Å². The van der Waals surface area contributed by atoms with Crippen LogP contribution in [0.3, 0.4) is 0 Å². The van der Waals surface area contributed by atoms with Crippen molar-refractivity contribution >= 4 is 33.3 Å². The average molecular weight is 390 g/mol. The first kappa shape index (κ1) is 17.9. The number of aryl methyl sites for hydroxylation is 2. The van der Waals surface area contributed by atoms with Crippen molar-refractivity contribution in [3.05, 3.63) is 22.2 Å². The van der Waals surface area contributed by atoms with Crippen molar-refractivity contribution in [3.8, 4) is 0 Å². The third-order valence-electron chi connectivity index (χ3n) is 4.83. The van der Waals surface area contributed by atoms with E-state index in [1.54, 1.807) is 11.3 Å². The van der Waals surface area contributed by atoms with Gasteiger partial charge in [0.25, 0.3) is 5.22 Å². The van der Waals surface area contributed by atoms with E-state index in [0.717, 1.165) is 59.4 Å². The smallest absolute Gasteiger partial charge is 0.282 e. The fraction of sp³-hybridized carbons (Fsp3) is 0.556. The molecular weight excluding hydrogens is 366 g/mol. The average Bonchev–Trinajstić information content (AvgIpc) is 3.31. The third kappa shape index (κ3) is 3.50. The largest absolute Gasteiger partial charge is 0.415 e. The van der Waals surface area contributed by atoms with Crippen molar-refractivity contribution in [2.75, 3.05) is 13.1 Å². The van der Waals surface area contributed by atoms with Crippen LogP contribution < -0.4 is 0 Å². The van der Waals surface area contributed by atoms with Crippen molar-refractivity contribution < 1.29 is 4.42 Å². The van der Waals surface area contributed by atoms with Crippen molar-refractivity contribution in [2.45, 2.75) is 63.2 Å². The molecule has 0 radical (unpaired) electrons. The Labute approximate surface area is 161 Å². The first-order chi connectivity index (χ1) is 12.6. The second-order valence-corrected chi connectivity index (χ2v) is 8.80. The van der Waals surface area contributed by atoms with Crippen LogP contribution in [0.15, 0.2) is 14.7 Å². The van der Waals surface area contributed by atoms with Crippen molar-refractivity contribution in [2.24, 2.45) is 0 Å². The summed E-state index contributed by atoms with van der Waals surface area (Å²) in [6, 6.07) is 0. The second kappa shape index (κ2) is 7.25. The zero-order valence-electron chi connectivity index (χ0n) is 15.6. The van der Waals surface area contributed by atoms with Gasteiger partial charge in [-0.2, -0.15) is 0 Å². The topological polar surface area (TPSA) is 67.9 Å². The van der Waals surface area contributed by atoms with E-state index in [0.29, 0.717) is 11.1 Å². The third-order valence-corrected chi connectivity index (χ3v) is 6.76. The molecule has 1 aliphatic carbocycles. The lowest BCUT2D eigenvalue weighted by Gasteiger charge is -2.17. The van der Waals surface area contributed by atoms with Crippen LogP contribution in [0.2, 0.25) is 0 Å². The van der Waals surface area contributed by atoms with Gasteiger partial charge in [0, 0.05) is 16.2 Å². The van der Waals surface area contributed by atoms with Gasteiger partial charge in [-0.05, 0) is 57.1 Å². The zero-order chi connectivity index (χ0) is 18.3. The van der Waals surface area contributed by atoms with E-state index in [2.05, 4.69) is 42.8 Å². The minimum absolute atomic E-state index is 0.464. The van der Waals surface area contributed by atoms with E-state index in [4.69, 9.17) is 14.4 Å². The monoisotopic (exact) mass is 389 g/mol. The first-order valence-corrected chi connectivity index (χ1v) is 10.7. The predicted molar refractivity (Wildman–Crippen MR) is 104 cm³/mol. The van der Waals surface area contributed by atoms with Gasteiger partial charge in [0.15, 0.2) is 0 Å². The molecule has 0 amide bonds. The molecule has 1 saturated carbocycles. The lowest BCUT2D eigenvalue weighted by molar-refractivity contribution is 0.288. The number of hydrogen-bond donors (Lipinski definition) is 0. The standard InChI is InChI=1S/C18H23N5OS2/c1-5-23(6-2)9-13-19-16-14(10(3)11(4)25-16)17(20-13)26-18-22-21-15(24-18)12-7-8-12/h12H,5-9H2,1-4H3. The molecule has 3 heterocycles.